The lowest BCUT2D eigenvalue weighted by molar-refractivity contribution is -0.136. The number of methoxy groups -OCH3 is 1. The highest BCUT2D eigenvalue weighted by atomic mass is 16.5. The second-order valence-electron chi connectivity index (χ2n) is 5.92. The SMILES string of the molecule is CCCOc1ccc(CNC(=O)[C@@H]2CCCN2C(C)=O)cc1OC. The Morgan fingerprint density at radius 2 is 2.12 bits per heavy atom. The predicted molar refractivity (Wildman–Crippen MR) is 91.0 cm³/mol. The van der Waals surface area contributed by atoms with Crippen molar-refractivity contribution in [1.82, 2.24) is 10.2 Å². The first kappa shape index (κ1) is 18.1. The van der Waals surface area contributed by atoms with Crippen molar-refractivity contribution in [2.45, 2.75) is 45.7 Å². The second-order valence-corrected chi connectivity index (χ2v) is 5.92. The number of likely N-dealkylation sites (tertiary alicyclic amines) is 1. The van der Waals surface area contributed by atoms with Gasteiger partial charge in [0.15, 0.2) is 11.5 Å². The van der Waals surface area contributed by atoms with Crippen LogP contribution in [0.2, 0.25) is 0 Å². The molecule has 1 atom stereocenters. The van der Waals surface area contributed by atoms with Crippen LogP contribution in [0.15, 0.2) is 18.2 Å². The van der Waals surface area contributed by atoms with Gasteiger partial charge in [-0.05, 0) is 37.0 Å². The molecule has 2 rings (SSSR count). The Bertz CT molecular complexity index is 588. The van der Waals surface area contributed by atoms with Gasteiger partial charge < -0.3 is 19.7 Å². The maximum Gasteiger partial charge on any atom is 0.243 e. The normalized spacial score (nSPS) is 16.8. The average Bonchev–Trinajstić information content (AvgIpc) is 3.08. The van der Waals surface area contributed by atoms with Crippen molar-refractivity contribution in [3.05, 3.63) is 23.8 Å². The number of hydrogen-bond acceptors (Lipinski definition) is 4. The van der Waals surface area contributed by atoms with Crippen molar-refractivity contribution in [2.24, 2.45) is 0 Å². The number of amides is 2. The smallest absolute Gasteiger partial charge is 0.243 e. The van der Waals surface area contributed by atoms with Crippen LogP contribution in [0.3, 0.4) is 0 Å². The number of carbonyl (C=O) groups is 2. The first-order valence-corrected chi connectivity index (χ1v) is 8.41. The number of carbonyl (C=O) groups excluding carboxylic acids is 2. The third-order valence-corrected chi connectivity index (χ3v) is 4.12. The predicted octanol–water partition coefficient (Wildman–Crippen LogP) is 2.11. The molecule has 1 aliphatic heterocycles. The summed E-state index contributed by atoms with van der Waals surface area (Å²) < 4.78 is 11.0. The van der Waals surface area contributed by atoms with Crippen molar-refractivity contribution >= 4 is 11.8 Å². The van der Waals surface area contributed by atoms with E-state index in [2.05, 4.69) is 5.32 Å². The first-order valence-electron chi connectivity index (χ1n) is 8.41. The number of nitrogens with one attached hydrogen (secondary N) is 1. The Morgan fingerprint density at radius 3 is 2.79 bits per heavy atom. The first-order chi connectivity index (χ1) is 11.6. The summed E-state index contributed by atoms with van der Waals surface area (Å²) in [5.41, 5.74) is 0.927. The van der Waals surface area contributed by atoms with E-state index in [-0.39, 0.29) is 17.9 Å². The van der Waals surface area contributed by atoms with Gasteiger partial charge in [0.25, 0.3) is 0 Å². The van der Waals surface area contributed by atoms with E-state index in [1.165, 1.54) is 6.92 Å². The largest absolute Gasteiger partial charge is 0.493 e. The Kier molecular flexibility index (Phi) is 6.46. The summed E-state index contributed by atoms with van der Waals surface area (Å²) in [7, 11) is 1.60. The molecule has 132 valence electrons. The maximum atomic E-state index is 12.3. The zero-order chi connectivity index (χ0) is 17.5. The summed E-state index contributed by atoms with van der Waals surface area (Å²) in [6.45, 7) is 5.24. The van der Waals surface area contributed by atoms with Gasteiger partial charge in [0.2, 0.25) is 11.8 Å². The minimum Gasteiger partial charge on any atom is -0.493 e. The molecule has 0 unspecified atom stereocenters. The molecule has 6 nitrogen and oxygen atoms in total. The van der Waals surface area contributed by atoms with Gasteiger partial charge in [0.05, 0.1) is 13.7 Å². The summed E-state index contributed by atoms with van der Waals surface area (Å²) in [5.74, 6) is 1.20. The topological polar surface area (TPSA) is 67.9 Å². The summed E-state index contributed by atoms with van der Waals surface area (Å²) in [5, 5.41) is 2.91. The summed E-state index contributed by atoms with van der Waals surface area (Å²) in [6.07, 6.45) is 2.52. The third kappa shape index (κ3) is 4.40. The van der Waals surface area contributed by atoms with Crippen molar-refractivity contribution in [3.8, 4) is 11.5 Å². The number of hydrogen-bond donors (Lipinski definition) is 1. The summed E-state index contributed by atoms with van der Waals surface area (Å²) in [6, 6.07) is 5.28. The third-order valence-electron chi connectivity index (χ3n) is 4.12. The van der Waals surface area contributed by atoms with Crippen LogP contribution in [0.5, 0.6) is 11.5 Å². The van der Waals surface area contributed by atoms with Gasteiger partial charge in [-0.3, -0.25) is 9.59 Å². The lowest BCUT2D eigenvalue weighted by Gasteiger charge is -2.22. The molecule has 0 saturated carbocycles. The molecular weight excluding hydrogens is 308 g/mol. The van der Waals surface area contributed by atoms with Crippen molar-refractivity contribution in [1.29, 1.82) is 0 Å². The zero-order valence-electron chi connectivity index (χ0n) is 14.6. The van der Waals surface area contributed by atoms with Crippen LogP contribution in [0.4, 0.5) is 0 Å². The summed E-state index contributed by atoms with van der Waals surface area (Å²) >= 11 is 0. The molecule has 1 heterocycles. The van der Waals surface area contributed by atoms with Crippen molar-refractivity contribution in [3.63, 3.8) is 0 Å². The molecule has 0 bridgehead atoms. The molecule has 2 amide bonds. The molecule has 1 aromatic rings. The molecule has 1 aromatic carbocycles. The van der Waals surface area contributed by atoms with E-state index in [0.717, 1.165) is 24.8 Å². The van der Waals surface area contributed by atoms with Gasteiger partial charge in [0.1, 0.15) is 6.04 Å². The molecule has 24 heavy (non-hydrogen) atoms. The van der Waals surface area contributed by atoms with Crippen LogP contribution in [-0.2, 0) is 16.1 Å². The van der Waals surface area contributed by atoms with Gasteiger partial charge >= 0.3 is 0 Å². The maximum absolute atomic E-state index is 12.3. The summed E-state index contributed by atoms with van der Waals surface area (Å²) in [4.78, 5) is 25.5. The molecule has 1 N–H and O–H groups in total. The standard InChI is InChI=1S/C18H26N2O4/c1-4-10-24-16-8-7-14(11-17(16)23-3)12-19-18(22)15-6-5-9-20(15)13(2)21/h7-8,11,15H,4-6,9-10,12H2,1-3H3,(H,19,22)/t15-/m0/s1. The monoisotopic (exact) mass is 334 g/mol. The number of rotatable bonds is 7. The molecule has 0 spiro atoms. The quantitative estimate of drug-likeness (QED) is 0.829. The molecule has 1 saturated heterocycles. The van der Waals surface area contributed by atoms with Crippen LogP contribution < -0.4 is 14.8 Å². The minimum atomic E-state index is -0.350. The van der Waals surface area contributed by atoms with E-state index < -0.39 is 0 Å². The lowest BCUT2D eigenvalue weighted by atomic mass is 10.1. The molecule has 6 heteroatoms. The molecule has 1 aliphatic rings. The Balaban J connectivity index is 1.96. The van der Waals surface area contributed by atoms with Crippen molar-refractivity contribution < 1.29 is 19.1 Å². The highest BCUT2D eigenvalue weighted by molar-refractivity contribution is 5.87. The van der Waals surface area contributed by atoms with Crippen LogP contribution in [0, 0.1) is 0 Å². The molecule has 0 aliphatic carbocycles. The van der Waals surface area contributed by atoms with E-state index in [1.807, 2.05) is 25.1 Å². The number of ether oxygens (including phenoxy) is 2. The fourth-order valence-electron chi connectivity index (χ4n) is 2.88. The van der Waals surface area contributed by atoms with Crippen LogP contribution in [0.1, 0.15) is 38.7 Å². The Morgan fingerprint density at radius 1 is 1.33 bits per heavy atom. The van der Waals surface area contributed by atoms with Gasteiger partial charge in [-0.1, -0.05) is 13.0 Å². The van der Waals surface area contributed by atoms with Crippen LogP contribution in [0.25, 0.3) is 0 Å². The van der Waals surface area contributed by atoms with E-state index in [4.69, 9.17) is 9.47 Å². The van der Waals surface area contributed by atoms with E-state index in [1.54, 1.807) is 12.0 Å². The Hall–Kier alpha value is -2.24. The molecular formula is C18H26N2O4. The fourth-order valence-corrected chi connectivity index (χ4v) is 2.88. The van der Waals surface area contributed by atoms with Crippen molar-refractivity contribution in [2.75, 3.05) is 20.3 Å². The van der Waals surface area contributed by atoms with Crippen LogP contribution >= 0.6 is 0 Å². The Labute approximate surface area is 143 Å². The highest BCUT2D eigenvalue weighted by Crippen LogP contribution is 2.28. The number of nitrogens with zero attached hydrogens (tertiary/aromatic N) is 1. The zero-order valence-corrected chi connectivity index (χ0v) is 14.6. The molecule has 1 fully saturated rings. The molecule has 0 aromatic heterocycles. The minimum absolute atomic E-state index is 0.0493. The second kappa shape index (κ2) is 8.57. The van der Waals surface area contributed by atoms with Gasteiger partial charge in [-0.25, -0.2) is 0 Å². The van der Waals surface area contributed by atoms with E-state index in [0.29, 0.717) is 31.2 Å². The van der Waals surface area contributed by atoms with Gasteiger partial charge in [0, 0.05) is 20.0 Å². The highest BCUT2D eigenvalue weighted by Gasteiger charge is 2.32. The lowest BCUT2D eigenvalue weighted by Crippen LogP contribution is -2.44. The van der Waals surface area contributed by atoms with Gasteiger partial charge in [-0.2, -0.15) is 0 Å². The van der Waals surface area contributed by atoms with Gasteiger partial charge in [-0.15, -0.1) is 0 Å². The average molecular weight is 334 g/mol. The molecule has 0 radical (unpaired) electrons. The van der Waals surface area contributed by atoms with Crippen LogP contribution in [-0.4, -0.2) is 43.0 Å². The van der Waals surface area contributed by atoms with E-state index >= 15 is 0 Å². The number of benzene rings is 1. The fraction of sp³-hybridized carbons (Fsp3) is 0.556. The van der Waals surface area contributed by atoms with E-state index in [9.17, 15) is 9.59 Å².